The second-order valence-corrected chi connectivity index (χ2v) is 6.99. The minimum atomic E-state index is -1.12. The van der Waals surface area contributed by atoms with Crippen molar-refractivity contribution in [3.05, 3.63) is 42.0 Å². The molecule has 4 aliphatic carbocycles. The van der Waals surface area contributed by atoms with Crippen molar-refractivity contribution in [3.63, 3.8) is 0 Å². The molecule has 2 amide bonds. The molecule has 6 rings (SSSR count). The monoisotopic (exact) mass is 309 g/mol. The quantitative estimate of drug-likeness (QED) is 0.669. The van der Waals surface area contributed by atoms with Gasteiger partial charge in [0.1, 0.15) is 0 Å². The molecule has 2 saturated carbocycles. The number of benzene rings is 1. The van der Waals surface area contributed by atoms with E-state index in [2.05, 4.69) is 12.2 Å². The highest BCUT2D eigenvalue weighted by molar-refractivity contribution is 6.24. The van der Waals surface area contributed by atoms with Crippen molar-refractivity contribution in [1.29, 1.82) is 0 Å². The number of hydrogen-bond acceptors (Lipinski definition) is 3. The van der Waals surface area contributed by atoms with Crippen LogP contribution >= 0.6 is 0 Å². The molecule has 5 nitrogen and oxygen atoms in total. The summed E-state index contributed by atoms with van der Waals surface area (Å²) >= 11 is 0. The summed E-state index contributed by atoms with van der Waals surface area (Å²) < 4.78 is 0. The highest BCUT2D eigenvalue weighted by Gasteiger charge is 2.67. The van der Waals surface area contributed by atoms with Gasteiger partial charge >= 0.3 is 5.97 Å². The molecule has 5 heteroatoms. The van der Waals surface area contributed by atoms with Crippen LogP contribution < -0.4 is 4.90 Å². The van der Waals surface area contributed by atoms with Crippen LogP contribution in [0.2, 0.25) is 0 Å². The van der Waals surface area contributed by atoms with Gasteiger partial charge in [-0.25, -0.2) is 9.69 Å². The first-order valence-corrected chi connectivity index (χ1v) is 7.98. The normalized spacial score (nSPS) is 39.4. The first-order chi connectivity index (χ1) is 11.1. The second-order valence-electron chi connectivity index (χ2n) is 6.99. The van der Waals surface area contributed by atoms with Gasteiger partial charge in [0, 0.05) is 0 Å². The molecule has 1 aromatic rings. The van der Waals surface area contributed by atoms with Crippen LogP contribution in [0.15, 0.2) is 36.4 Å². The number of hydrogen-bond donors (Lipinski definition) is 1. The van der Waals surface area contributed by atoms with Crippen molar-refractivity contribution in [2.45, 2.75) is 6.42 Å². The molecule has 116 valence electrons. The third-order valence-corrected chi connectivity index (χ3v) is 6.04. The fourth-order valence-corrected chi connectivity index (χ4v) is 5.04. The van der Waals surface area contributed by atoms with E-state index in [1.165, 1.54) is 6.07 Å². The number of para-hydroxylation sites is 1. The molecule has 1 aromatic carbocycles. The van der Waals surface area contributed by atoms with Crippen LogP contribution in [0.5, 0.6) is 0 Å². The molecule has 0 radical (unpaired) electrons. The summed E-state index contributed by atoms with van der Waals surface area (Å²) in [6.45, 7) is 0. The van der Waals surface area contributed by atoms with Gasteiger partial charge in [0.2, 0.25) is 11.8 Å². The van der Waals surface area contributed by atoms with Crippen LogP contribution in [0.25, 0.3) is 0 Å². The maximum absolute atomic E-state index is 13.0. The molecule has 1 aliphatic heterocycles. The minimum Gasteiger partial charge on any atom is -0.478 e. The van der Waals surface area contributed by atoms with Gasteiger partial charge in [-0.1, -0.05) is 24.3 Å². The molecular weight excluding hydrogens is 294 g/mol. The Morgan fingerprint density at radius 1 is 1.00 bits per heavy atom. The highest BCUT2D eigenvalue weighted by Crippen LogP contribution is 2.65. The first-order valence-electron chi connectivity index (χ1n) is 7.98. The number of nitrogens with zero attached hydrogens (tertiary/aromatic N) is 1. The zero-order chi connectivity index (χ0) is 15.9. The van der Waals surface area contributed by atoms with Gasteiger partial charge < -0.3 is 5.11 Å². The van der Waals surface area contributed by atoms with E-state index >= 15 is 0 Å². The van der Waals surface area contributed by atoms with Crippen LogP contribution in [-0.4, -0.2) is 22.9 Å². The minimum absolute atomic E-state index is 0.00156. The lowest BCUT2D eigenvalue weighted by Crippen LogP contribution is -2.40. The fourth-order valence-electron chi connectivity index (χ4n) is 5.04. The Kier molecular flexibility index (Phi) is 2.33. The number of rotatable bonds is 2. The van der Waals surface area contributed by atoms with Crippen LogP contribution in [0.1, 0.15) is 16.8 Å². The molecule has 0 aromatic heterocycles. The van der Waals surface area contributed by atoms with E-state index < -0.39 is 5.97 Å². The lowest BCUT2D eigenvalue weighted by molar-refractivity contribution is -0.124. The molecule has 0 unspecified atom stereocenters. The Morgan fingerprint density at radius 3 is 2.13 bits per heavy atom. The summed E-state index contributed by atoms with van der Waals surface area (Å²) in [5, 5.41) is 9.36. The topological polar surface area (TPSA) is 74.7 Å². The maximum Gasteiger partial charge on any atom is 0.337 e. The number of carbonyl (C=O) groups is 3. The van der Waals surface area contributed by atoms with Gasteiger partial charge in [0.15, 0.2) is 0 Å². The molecule has 1 heterocycles. The third-order valence-electron chi connectivity index (χ3n) is 6.04. The molecule has 1 saturated heterocycles. The van der Waals surface area contributed by atoms with Crippen molar-refractivity contribution >= 4 is 23.5 Å². The van der Waals surface area contributed by atoms with Crippen molar-refractivity contribution in [1.82, 2.24) is 0 Å². The number of aromatic carboxylic acids is 1. The van der Waals surface area contributed by atoms with Crippen molar-refractivity contribution in [2.75, 3.05) is 4.90 Å². The average Bonchev–Trinajstić information content (AvgIpc) is 3.32. The van der Waals surface area contributed by atoms with Gasteiger partial charge in [-0.15, -0.1) is 0 Å². The van der Waals surface area contributed by atoms with Crippen LogP contribution in [0.4, 0.5) is 5.69 Å². The van der Waals surface area contributed by atoms with Crippen LogP contribution in [0.3, 0.4) is 0 Å². The van der Waals surface area contributed by atoms with Crippen molar-refractivity contribution < 1.29 is 19.5 Å². The van der Waals surface area contributed by atoms with E-state index in [0.29, 0.717) is 11.8 Å². The first kappa shape index (κ1) is 13.0. The molecule has 2 bridgehead atoms. The Hall–Kier alpha value is -2.43. The lowest BCUT2D eigenvalue weighted by Gasteiger charge is -2.37. The Morgan fingerprint density at radius 2 is 1.57 bits per heavy atom. The van der Waals surface area contributed by atoms with Gasteiger partial charge in [-0.05, 0) is 42.2 Å². The SMILES string of the molecule is O=C(O)c1ccccc1N1C(=O)[C@H]2[C@@H]3C=C[C@H]([C@@H]4C[C@@H]34)[C@@H]2C1=O. The Labute approximate surface area is 132 Å². The largest absolute Gasteiger partial charge is 0.478 e. The number of carbonyl (C=O) groups excluding carboxylic acids is 2. The van der Waals surface area contributed by atoms with E-state index in [0.717, 1.165) is 11.3 Å². The zero-order valence-electron chi connectivity index (χ0n) is 12.3. The van der Waals surface area contributed by atoms with E-state index in [4.69, 9.17) is 0 Å². The van der Waals surface area contributed by atoms with Gasteiger partial charge in [0.25, 0.3) is 0 Å². The smallest absolute Gasteiger partial charge is 0.337 e. The molecular formula is C18H15NO4. The fraction of sp³-hybridized carbons (Fsp3) is 0.389. The number of anilines is 1. The number of carboxylic acids is 1. The Bertz CT molecular complexity index is 762. The number of carboxylic acid groups (broad SMARTS) is 1. The molecule has 3 fully saturated rings. The van der Waals surface area contributed by atoms with Crippen LogP contribution in [-0.2, 0) is 9.59 Å². The molecule has 0 spiro atoms. The van der Waals surface area contributed by atoms with Gasteiger partial charge in [0.05, 0.1) is 23.1 Å². The molecule has 6 atom stereocenters. The number of imide groups is 1. The molecule has 1 N–H and O–H groups in total. The Balaban J connectivity index is 1.61. The average molecular weight is 309 g/mol. The standard InChI is InChI=1S/C18H15NO4/c20-16-14-8-5-6-9(12-7-11(8)12)15(14)17(21)19(16)13-4-2-1-3-10(13)18(22)23/h1-6,8-9,11-12,14-15H,7H2,(H,22,23)/t8-,9-,11+,12+,14+,15+/m1/s1. The summed E-state index contributed by atoms with van der Waals surface area (Å²) in [5.41, 5.74) is 0.204. The van der Waals surface area contributed by atoms with Crippen molar-refractivity contribution in [3.8, 4) is 0 Å². The second kappa shape index (κ2) is 4.10. The van der Waals surface area contributed by atoms with E-state index in [1.807, 2.05) is 0 Å². The number of amides is 2. The summed E-state index contributed by atoms with van der Waals surface area (Å²) in [7, 11) is 0. The van der Waals surface area contributed by atoms with E-state index in [9.17, 15) is 19.5 Å². The maximum atomic E-state index is 13.0. The van der Waals surface area contributed by atoms with E-state index in [-0.39, 0.29) is 46.7 Å². The summed E-state index contributed by atoms with van der Waals surface area (Å²) in [6, 6.07) is 6.25. The zero-order valence-corrected chi connectivity index (χ0v) is 12.3. The molecule has 5 aliphatic rings. The lowest BCUT2D eigenvalue weighted by atomic mass is 9.63. The number of allylic oxidation sites excluding steroid dienone is 2. The molecule has 23 heavy (non-hydrogen) atoms. The van der Waals surface area contributed by atoms with Gasteiger partial charge in [-0.3, -0.25) is 9.59 Å². The summed E-state index contributed by atoms with van der Waals surface area (Å²) in [5.74, 6) is -0.805. The van der Waals surface area contributed by atoms with Crippen LogP contribution in [0, 0.1) is 35.5 Å². The summed E-state index contributed by atoms with van der Waals surface area (Å²) in [4.78, 5) is 38.5. The predicted octanol–water partition coefficient (Wildman–Crippen LogP) is 1.94. The van der Waals surface area contributed by atoms with Crippen molar-refractivity contribution in [2.24, 2.45) is 35.5 Å². The van der Waals surface area contributed by atoms with Gasteiger partial charge in [-0.2, -0.15) is 0 Å². The summed E-state index contributed by atoms with van der Waals surface area (Å²) in [6.07, 6.45) is 5.33. The predicted molar refractivity (Wildman–Crippen MR) is 80.6 cm³/mol. The highest BCUT2D eigenvalue weighted by atomic mass is 16.4. The van der Waals surface area contributed by atoms with E-state index in [1.54, 1.807) is 18.2 Å². The third kappa shape index (κ3) is 1.49.